The van der Waals surface area contributed by atoms with Gasteiger partial charge in [0.25, 0.3) is 0 Å². The maximum absolute atomic E-state index is 12.9. The van der Waals surface area contributed by atoms with E-state index in [-0.39, 0.29) is 6.42 Å². The molecule has 0 bridgehead atoms. The monoisotopic (exact) mass is 862 g/mol. The van der Waals surface area contributed by atoms with Crippen LogP contribution in [0, 0.1) is 82.9 Å². The third kappa shape index (κ3) is 25.9. The zero-order valence-electron chi connectivity index (χ0n) is 33.1. The molecule has 0 amide bonds. The Morgan fingerprint density at radius 2 is 1.02 bits per heavy atom. The Morgan fingerprint density at radius 1 is 0.576 bits per heavy atom. The molecule has 1 saturated carbocycles. The number of esters is 2. The first-order valence-corrected chi connectivity index (χ1v) is 22.0. The smallest absolute Gasteiger partial charge is 0.456 e. The lowest BCUT2D eigenvalue weighted by atomic mass is 9.85. The van der Waals surface area contributed by atoms with Gasteiger partial charge in [-0.1, -0.05) is 89.9 Å². The molecule has 4 unspecified atom stereocenters. The van der Waals surface area contributed by atoms with Crippen molar-refractivity contribution in [2.24, 2.45) is 0 Å². The number of phosphoric acid groups is 2. The minimum Gasteiger partial charge on any atom is -0.456 e. The van der Waals surface area contributed by atoms with Crippen LogP contribution in [-0.4, -0.2) is 103 Å². The molecule has 322 valence electrons. The van der Waals surface area contributed by atoms with Crippen molar-refractivity contribution in [3.8, 4) is 82.9 Å². The summed E-state index contributed by atoms with van der Waals surface area (Å²) < 4.78 is 48.5. The maximum atomic E-state index is 12.9. The molecule has 0 spiro atoms. The van der Waals surface area contributed by atoms with Crippen LogP contribution in [0.25, 0.3) is 0 Å². The highest BCUT2D eigenvalue weighted by atomic mass is 31.2. The Hall–Kier alpha value is -4.08. The van der Waals surface area contributed by atoms with Crippen molar-refractivity contribution < 1.29 is 76.9 Å². The molecule has 0 aromatic carbocycles. The Labute approximate surface area is 346 Å². The first-order valence-electron chi connectivity index (χ1n) is 19.0. The lowest BCUT2D eigenvalue weighted by Gasteiger charge is -2.43. The van der Waals surface area contributed by atoms with Crippen molar-refractivity contribution in [2.75, 3.05) is 13.2 Å². The van der Waals surface area contributed by atoms with Crippen LogP contribution in [0.4, 0.5) is 0 Å². The molecule has 1 fully saturated rings. The summed E-state index contributed by atoms with van der Waals surface area (Å²) in [5, 5.41) is 41.0. The SMILES string of the molecule is CC#CC#CC#CC#CC#CC#CC#CC(=O)OC[C@H](COP(=O)(O)OC1C(O)[C@@H](O)C(O)[C@@H](OP(=O)(O)O)[C@H]1O)OC(=O)CCCCCCCCCCCCCCC. The minimum atomic E-state index is -5.39. The van der Waals surface area contributed by atoms with Crippen LogP contribution in [0.1, 0.15) is 104 Å². The molecule has 0 aromatic heterocycles. The van der Waals surface area contributed by atoms with Crippen LogP contribution in [0.2, 0.25) is 0 Å². The molecule has 8 atom stereocenters. The second-order valence-electron chi connectivity index (χ2n) is 12.9. The van der Waals surface area contributed by atoms with E-state index in [1.54, 1.807) is 6.92 Å². The minimum absolute atomic E-state index is 0.0350. The number of aliphatic hydroxyl groups excluding tert-OH is 4. The number of ether oxygens (including phenoxy) is 2. The van der Waals surface area contributed by atoms with E-state index in [0.29, 0.717) is 6.42 Å². The lowest BCUT2D eigenvalue weighted by molar-refractivity contribution is -0.216. The van der Waals surface area contributed by atoms with Crippen LogP contribution in [0.5, 0.6) is 0 Å². The molecule has 7 N–H and O–H groups in total. The molecular formula is C41H52O16P2. The van der Waals surface area contributed by atoms with Crippen molar-refractivity contribution >= 4 is 27.6 Å². The second kappa shape index (κ2) is 30.9. The second-order valence-corrected chi connectivity index (χ2v) is 15.5. The highest BCUT2D eigenvalue weighted by molar-refractivity contribution is 7.47. The zero-order chi connectivity index (χ0) is 43.9. The molecule has 0 aromatic rings. The average Bonchev–Trinajstić information content (AvgIpc) is 3.18. The first kappa shape index (κ1) is 52.9. The summed E-state index contributed by atoms with van der Waals surface area (Å²) in [4.78, 5) is 53.5. The highest BCUT2D eigenvalue weighted by Crippen LogP contribution is 2.49. The van der Waals surface area contributed by atoms with Gasteiger partial charge in [0.1, 0.15) is 43.2 Å². The Morgan fingerprint density at radius 3 is 1.49 bits per heavy atom. The number of carbonyl (C=O) groups excluding carboxylic acids is 2. The molecule has 0 radical (unpaired) electrons. The largest absolute Gasteiger partial charge is 0.472 e. The lowest BCUT2D eigenvalue weighted by Crippen LogP contribution is -2.64. The molecule has 0 aliphatic heterocycles. The number of hydrogen-bond acceptors (Lipinski definition) is 13. The molecule has 0 heterocycles. The highest BCUT2D eigenvalue weighted by Gasteiger charge is 2.54. The van der Waals surface area contributed by atoms with Gasteiger partial charge in [0.05, 0.1) is 6.61 Å². The van der Waals surface area contributed by atoms with Gasteiger partial charge in [-0.25, -0.2) is 13.9 Å². The Balaban J connectivity index is 2.84. The number of rotatable bonds is 24. The van der Waals surface area contributed by atoms with Crippen molar-refractivity contribution in [2.45, 2.75) is 146 Å². The standard InChI is InChI=1S/C41H52O16P2/c1-3-5-7-9-11-13-15-17-19-21-23-25-27-29-34(42)53-31-33(55-35(43)30-28-26-24-22-20-18-16-14-12-10-8-6-4-2)32-54-59(51,52)57-41-38(46)36(44)37(45)40(39(41)47)56-58(48,49)50/h33,36-41,44-47H,4,6,8,10,12,14,16,18,20,22,24,26,28,30-32H2,1-2H3,(H,51,52)(H2,48,49,50)/t33-,36+,37?,38?,39-,40-,41?/m1/s1. The van der Waals surface area contributed by atoms with Crippen LogP contribution in [0.15, 0.2) is 0 Å². The molecule has 1 aliphatic carbocycles. The van der Waals surface area contributed by atoms with Gasteiger partial charge in [-0.2, -0.15) is 0 Å². The number of phosphoric ester groups is 2. The van der Waals surface area contributed by atoms with Gasteiger partial charge >= 0.3 is 27.6 Å². The van der Waals surface area contributed by atoms with Gasteiger partial charge in [-0.3, -0.25) is 18.4 Å². The van der Waals surface area contributed by atoms with Gasteiger partial charge in [-0.15, -0.1) is 0 Å². The third-order valence-corrected chi connectivity index (χ3v) is 9.65. The number of aliphatic hydroxyl groups is 4. The summed E-state index contributed by atoms with van der Waals surface area (Å²) in [6, 6.07) is 0. The van der Waals surface area contributed by atoms with Crippen LogP contribution in [0.3, 0.4) is 0 Å². The molecule has 1 aliphatic rings. The Kier molecular flexibility index (Phi) is 27.7. The zero-order valence-corrected chi connectivity index (χ0v) is 34.8. The van der Waals surface area contributed by atoms with Gasteiger partial charge < -0.3 is 44.6 Å². The van der Waals surface area contributed by atoms with Crippen LogP contribution in [-0.2, 0) is 41.8 Å². The number of carbonyl (C=O) groups is 2. The molecule has 18 heteroatoms. The number of unbranched alkanes of at least 4 members (excludes halogenated alkanes) is 12. The number of hydrogen-bond donors (Lipinski definition) is 7. The van der Waals surface area contributed by atoms with E-state index >= 15 is 0 Å². The predicted octanol–water partition coefficient (Wildman–Crippen LogP) is 2.40. The summed E-state index contributed by atoms with van der Waals surface area (Å²) in [5.41, 5.74) is 0. The van der Waals surface area contributed by atoms with Crippen molar-refractivity contribution in [3.63, 3.8) is 0 Å². The van der Waals surface area contributed by atoms with Gasteiger partial charge in [0.15, 0.2) is 6.10 Å². The molecule has 59 heavy (non-hydrogen) atoms. The average molecular weight is 863 g/mol. The summed E-state index contributed by atoms with van der Waals surface area (Å²) >= 11 is 0. The first-order chi connectivity index (χ1) is 28.1. The fourth-order valence-electron chi connectivity index (χ4n) is 5.26. The van der Waals surface area contributed by atoms with Gasteiger partial charge in [0, 0.05) is 12.3 Å². The van der Waals surface area contributed by atoms with Gasteiger partial charge in [0.2, 0.25) is 0 Å². The van der Waals surface area contributed by atoms with Gasteiger partial charge in [-0.05, 0) is 84.4 Å². The topological polar surface area (TPSA) is 256 Å². The van der Waals surface area contributed by atoms with E-state index in [2.05, 4.69) is 94.3 Å². The van der Waals surface area contributed by atoms with E-state index in [1.807, 2.05) is 0 Å². The fraction of sp³-hybridized carbons (Fsp3) is 0.610. The van der Waals surface area contributed by atoms with E-state index < -0.39 is 83.5 Å². The molecular weight excluding hydrogens is 810 g/mol. The quantitative estimate of drug-likeness (QED) is 0.0242. The van der Waals surface area contributed by atoms with E-state index in [4.69, 9.17) is 28.3 Å². The summed E-state index contributed by atoms with van der Waals surface area (Å²) in [6.45, 7) is 2.15. The van der Waals surface area contributed by atoms with Crippen molar-refractivity contribution in [1.82, 2.24) is 0 Å². The van der Waals surface area contributed by atoms with Crippen LogP contribution >= 0.6 is 15.6 Å². The molecule has 16 nitrogen and oxygen atoms in total. The van der Waals surface area contributed by atoms with E-state index in [0.717, 1.165) is 32.1 Å². The van der Waals surface area contributed by atoms with Crippen molar-refractivity contribution in [1.29, 1.82) is 0 Å². The summed E-state index contributed by atoms with van der Waals surface area (Å²) in [6.07, 6.45) is -1.12. The van der Waals surface area contributed by atoms with E-state index in [1.165, 1.54) is 44.9 Å². The molecule has 1 rings (SSSR count). The summed E-state index contributed by atoms with van der Waals surface area (Å²) in [5.74, 6) is 31.5. The summed E-state index contributed by atoms with van der Waals surface area (Å²) in [7, 11) is -10.8. The van der Waals surface area contributed by atoms with Crippen LogP contribution < -0.4 is 0 Å². The maximum Gasteiger partial charge on any atom is 0.472 e. The van der Waals surface area contributed by atoms with E-state index in [9.17, 15) is 44.0 Å². The predicted molar refractivity (Wildman–Crippen MR) is 213 cm³/mol. The molecule has 0 saturated heterocycles. The fourth-order valence-corrected chi connectivity index (χ4v) is 6.80. The normalized spacial score (nSPS) is 20.6. The Bertz CT molecular complexity index is 1880. The third-order valence-electron chi connectivity index (χ3n) is 8.14. The van der Waals surface area contributed by atoms with Crippen molar-refractivity contribution in [3.05, 3.63) is 0 Å².